The third kappa shape index (κ3) is 1.92. The second-order valence-corrected chi connectivity index (χ2v) is 6.88. The van der Waals surface area contributed by atoms with E-state index in [4.69, 9.17) is 0 Å². The fourth-order valence-electron chi connectivity index (χ4n) is 4.63. The maximum absolute atomic E-state index is 12.9. The van der Waals surface area contributed by atoms with Gasteiger partial charge in [0, 0.05) is 12.3 Å². The summed E-state index contributed by atoms with van der Waals surface area (Å²) in [5.74, 6) is -2.42. The van der Waals surface area contributed by atoms with Gasteiger partial charge in [-0.25, -0.2) is 0 Å². The summed E-state index contributed by atoms with van der Waals surface area (Å²) < 4.78 is 0. The van der Waals surface area contributed by atoms with E-state index in [-0.39, 0.29) is 24.0 Å². The van der Waals surface area contributed by atoms with Crippen molar-refractivity contribution in [2.24, 2.45) is 17.8 Å². The van der Waals surface area contributed by atoms with Gasteiger partial charge in [0.25, 0.3) is 0 Å². The van der Waals surface area contributed by atoms with Gasteiger partial charge in [-0.15, -0.1) is 0 Å². The van der Waals surface area contributed by atoms with Gasteiger partial charge in [-0.3, -0.25) is 19.3 Å². The van der Waals surface area contributed by atoms with Crippen LogP contribution < -0.4 is 4.90 Å². The van der Waals surface area contributed by atoms with Gasteiger partial charge in [-0.05, 0) is 25.0 Å². The van der Waals surface area contributed by atoms with Crippen LogP contribution in [0.25, 0.3) is 0 Å². The fourth-order valence-corrected chi connectivity index (χ4v) is 4.63. The zero-order valence-electron chi connectivity index (χ0n) is 12.8. The molecule has 2 aliphatic carbocycles. The zero-order valence-corrected chi connectivity index (χ0v) is 12.8. The molecular formula is C18H19NO4. The molecule has 0 aromatic heterocycles. The number of rotatable bonds is 1. The number of carbonyl (C=O) groups is 3. The van der Waals surface area contributed by atoms with Crippen LogP contribution in [0.5, 0.6) is 0 Å². The molecule has 120 valence electrons. The number of nitrogens with zero attached hydrogens (tertiary/aromatic N) is 1. The van der Waals surface area contributed by atoms with Crippen LogP contribution in [0.1, 0.15) is 32.1 Å². The predicted octanol–water partition coefficient (Wildman–Crippen LogP) is 1.69. The first-order chi connectivity index (χ1) is 11.0. The number of aliphatic hydroxyl groups is 1. The van der Waals surface area contributed by atoms with E-state index in [1.807, 2.05) is 6.07 Å². The lowest BCUT2D eigenvalue weighted by Crippen LogP contribution is -2.57. The van der Waals surface area contributed by atoms with E-state index in [0.717, 1.165) is 12.8 Å². The van der Waals surface area contributed by atoms with Gasteiger partial charge < -0.3 is 5.11 Å². The van der Waals surface area contributed by atoms with Crippen LogP contribution in [0.2, 0.25) is 0 Å². The number of ketones is 1. The molecule has 0 radical (unpaired) electrons. The Morgan fingerprint density at radius 1 is 1.04 bits per heavy atom. The maximum atomic E-state index is 12.9. The summed E-state index contributed by atoms with van der Waals surface area (Å²) in [6.45, 7) is 0. The summed E-state index contributed by atoms with van der Waals surface area (Å²) in [6, 6.07) is 8.83. The van der Waals surface area contributed by atoms with Crippen molar-refractivity contribution in [1.29, 1.82) is 0 Å². The molecule has 3 aliphatic rings. The normalized spacial score (nSPS) is 36.8. The maximum Gasteiger partial charge on any atom is 0.238 e. The lowest BCUT2D eigenvalue weighted by Gasteiger charge is -2.45. The highest BCUT2D eigenvalue weighted by atomic mass is 16.3. The molecule has 0 spiro atoms. The van der Waals surface area contributed by atoms with Crippen molar-refractivity contribution in [3.8, 4) is 0 Å². The minimum Gasteiger partial charge on any atom is -0.382 e. The molecule has 1 saturated heterocycles. The van der Waals surface area contributed by atoms with Crippen LogP contribution >= 0.6 is 0 Å². The Hall–Kier alpha value is -2.01. The first kappa shape index (κ1) is 14.6. The molecule has 2 saturated carbocycles. The molecule has 1 aromatic rings. The SMILES string of the molecule is O=C1[C@H]2[C@H]3CCCC[C@]3(O)C(=O)C[C@H]2C(=O)N1c1ccccc1. The minimum atomic E-state index is -1.41. The molecule has 4 rings (SSSR count). The third-order valence-electron chi connectivity index (χ3n) is 5.75. The van der Waals surface area contributed by atoms with Gasteiger partial charge in [0.05, 0.1) is 17.5 Å². The zero-order chi connectivity index (χ0) is 16.2. The first-order valence-corrected chi connectivity index (χ1v) is 8.22. The Kier molecular flexibility index (Phi) is 3.17. The average Bonchev–Trinajstić information content (AvgIpc) is 2.80. The Morgan fingerprint density at radius 2 is 1.78 bits per heavy atom. The number of carbonyl (C=O) groups excluding carboxylic acids is 3. The quantitative estimate of drug-likeness (QED) is 0.801. The van der Waals surface area contributed by atoms with Crippen molar-refractivity contribution in [1.82, 2.24) is 0 Å². The van der Waals surface area contributed by atoms with Crippen LogP contribution in [-0.2, 0) is 14.4 Å². The summed E-state index contributed by atoms with van der Waals surface area (Å²) in [5.41, 5.74) is -0.870. The summed E-state index contributed by atoms with van der Waals surface area (Å²) in [6.07, 6.45) is 2.69. The Bertz CT molecular complexity index is 686. The fraction of sp³-hybridized carbons (Fsp3) is 0.500. The second kappa shape index (κ2) is 4.99. The lowest BCUT2D eigenvalue weighted by atomic mass is 9.59. The minimum absolute atomic E-state index is 0.0222. The molecular weight excluding hydrogens is 294 g/mol. The average molecular weight is 313 g/mol. The van der Waals surface area contributed by atoms with Gasteiger partial charge >= 0.3 is 0 Å². The van der Waals surface area contributed by atoms with Crippen molar-refractivity contribution < 1.29 is 19.5 Å². The smallest absolute Gasteiger partial charge is 0.238 e. The van der Waals surface area contributed by atoms with E-state index in [1.54, 1.807) is 24.3 Å². The highest BCUT2D eigenvalue weighted by molar-refractivity contribution is 6.23. The number of benzene rings is 1. The van der Waals surface area contributed by atoms with Gasteiger partial charge in [-0.2, -0.15) is 0 Å². The molecule has 5 nitrogen and oxygen atoms in total. The first-order valence-electron chi connectivity index (χ1n) is 8.22. The molecule has 3 fully saturated rings. The van der Waals surface area contributed by atoms with Crippen LogP contribution in [0.3, 0.4) is 0 Å². The standard InChI is InChI=1S/C18H19NO4/c20-14-10-12-15(13-8-4-5-9-18(13,14)23)17(22)19(16(12)21)11-6-2-1-3-7-11/h1-3,6-7,12-13,15,23H,4-5,8-10H2/t12-,13-,15-,18-/m1/s1. The topological polar surface area (TPSA) is 74.7 Å². The Labute approximate surface area is 134 Å². The molecule has 0 bridgehead atoms. The summed E-state index contributed by atoms with van der Waals surface area (Å²) in [7, 11) is 0. The van der Waals surface area contributed by atoms with E-state index < -0.39 is 23.4 Å². The summed E-state index contributed by atoms with van der Waals surface area (Å²) in [4.78, 5) is 39.4. The monoisotopic (exact) mass is 313 g/mol. The van der Waals surface area contributed by atoms with Gasteiger partial charge in [0.15, 0.2) is 5.78 Å². The molecule has 1 aliphatic heterocycles. The largest absolute Gasteiger partial charge is 0.382 e. The molecule has 1 heterocycles. The van der Waals surface area contributed by atoms with E-state index in [9.17, 15) is 19.5 Å². The van der Waals surface area contributed by atoms with Crippen molar-refractivity contribution in [2.75, 3.05) is 4.90 Å². The lowest BCUT2D eigenvalue weighted by molar-refractivity contribution is -0.165. The Morgan fingerprint density at radius 3 is 2.52 bits per heavy atom. The summed E-state index contributed by atoms with van der Waals surface area (Å²) >= 11 is 0. The van der Waals surface area contributed by atoms with Gasteiger partial charge in [0.1, 0.15) is 5.60 Å². The number of Topliss-reactive ketones (excluding diaryl/α,β-unsaturated/α-hetero) is 1. The molecule has 1 aromatic carbocycles. The van der Waals surface area contributed by atoms with Crippen LogP contribution in [-0.4, -0.2) is 28.3 Å². The Balaban J connectivity index is 1.76. The highest BCUT2D eigenvalue weighted by Gasteiger charge is 2.63. The number of imide groups is 1. The highest BCUT2D eigenvalue weighted by Crippen LogP contribution is 2.51. The molecule has 1 N–H and O–H groups in total. The van der Waals surface area contributed by atoms with Crippen molar-refractivity contribution in [3.05, 3.63) is 30.3 Å². The number of para-hydroxylation sites is 1. The van der Waals surface area contributed by atoms with E-state index in [2.05, 4.69) is 0 Å². The number of hydrogen-bond acceptors (Lipinski definition) is 4. The molecule has 2 amide bonds. The van der Waals surface area contributed by atoms with E-state index >= 15 is 0 Å². The van der Waals surface area contributed by atoms with Crippen LogP contribution in [0.4, 0.5) is 5.69 Å². The van der Waals surface area contributed by atoms with Crippen LogP contribution in [0.15, 0.2) is 30.3 Å². The number of anilines is 1. The van der Waals surface area contributed by atoms with E-state index in [1.165, 1.54) is 4.90 Å². The molecule has 0 unspecified atom stereocenters. The second-order valence-electron chi connectivity index (χ2n) is 6.88. The van der Waals surface area contributed by atoms with Crippen molar-refractivity contribution in [2.45, 2.75) is 37.7 Å². The van der Waals surface area contributed by atoms with E-state index in [0.29, 0.717) is 18.5 Å². The predicted molar refractivity (Wildman–Crippen MR) is 82.4 cm³/mol. The number of fused-ring (bicyclic) bond motifs is 3. The molecule has 23 heavy (non-hydrogen) atoms. The molecule has 5 heteroatoms. The molecule has 4 atom stereocenters. The van der Waals surface area contributed by atoms with Gasteiger partial charge in [-0.1, -0.05) is 31.0 Å². The summed E-state index contributed by atoms with van der Waals surface area (Å²) in [5, 5.41) is 10.8. The van der Waals surface area contributed by atoms with Gasteiger partial charge in [0.2, 0.25) is 11.8 Å². The van der Waals surface area contributed by atoms with Crippen molar-refractivity contribution >= 4 is 23.3 Å². The third-order valence-corrected chi connectivity index (χ3v) is 5.75. The van der Waals surface area contributed by atoms with Crippen LogP contribution in [0, 0.1) is 17.8 Å². The van der Waals surface area contributed by atoms with Crippen molar-refractivity contribution in [3.63, 3.8) is 0 Å². The number of hydrogen-bond donors (Lipinski definition) is 1. The number of amides is 2.